The Balaban J connectivity index is 0. The number of hydrogen-bond acceptors (Lipinski definition) is 0. The summed E-state index contributed by atoms with van der Waals surface area (Å²) in [6.07, 6.45) is 0. The first-order valence-electron chi connectivity index (χ1n) is 0. The minimum atomic E-state index is 0. The Morgan fingerprint density at radius 2 is 0.667 bits per heavy atom. The molecule has 0 aromatic rings. The van der Waals surface area contributed by atoms with Crippen LogP contribution in [-0.2, 0) is 0 Å². The van der Waals surface area contributed by atoms with Crippen molar-refractivity contribution in [1.29, 1.82) is 0 Å². The van der Waals surface area contributed by atoms with E-state index in [0.29, 0.717) is 0 Å². The molecule has 0 spiro atoms. The third-order valence-corrected chi connectivity index (χ3v) is 0. The van der Waals surface area contributed by atoms with Gasteiger partial charge in [0.15, 0.2) is 0 Å². The zero-order chi connectivity index (χ0) is 0. The average molecular weight is 329 g/mol. The molecule has 0 heterocycles. The summed E-state index contributed by atoms with van der Waals surface area (Å²) in [7, 11) is 0. The monoisotopic (exact) mass is 327 g/mol. The molecule has 0 amide bonds. The molecule has 0 aliphatic heterocycles. The third-order valence-electron chi connectivity index (χ3n) is 0. The fourth-order valence-corrected chi connectivity index (χ4v) is 0. The summed E-state index contributed by atoms with van der Waals surface area (Å²) in [6, 6.07) is 0. The van der Waals surface area contributed by atoms with Crippen LogP contribution < -0.4 is 0 Å². The van der Waals surface area contributed by atoms with E-state index in [1.807, 2.05) is 0 Å². The van der Waals surface area contributed by atoms with Gasteiger partial charge in [-0.3, -0.25) is 0 Å². The Labute approximate surface area is 92.2 Å². The molecule has 0 N–H and O–H groups in total. The molecule has 0 radical (unpaired) electrons. The van der Waals surface area contributed by atoms with Crippen molar-refractivity contribution in [3.63, 3.8) is 0 Å². The maximum absolute atomic E-state index is 0. The van der Waals surface area contributed by atoms with Crippen molar-refractivity contribution in [1.82, 2.24) is 0 Å². The zero-order valence-corrected chi connectivity index (χ0v) is 13.1. The Kier molecular flexibility index (Phi) is 505. The maximum Gasteiger partial charge on any atom is 3.00 e. The van der Waals surface area contributed by atoms with Crippen LogP contribution in [0, 0.1) is 0 Å². The molecule has 6 heteroatoms. The van der Waals surface area contributed by atoms with Crippen molar-refractivity contribution in [2.24, 2.45) is 0 Å². The van der Waals surface area contributed by atoms with E-state index >= 15 is 0 Å². The molecular formula is AsGa3NP. The number of rotatable bonds is 0. The molecule has 0 fully saturated rings. The van der Waals surface area contributed by atoms with Gasteiger partial charge in [0.05, 0.1) is 0 Å². The van der Waals surface area contributed by atoms with Gasteiger partial charge in [0.25, 0.3) is 0 Å². The maximum atomic E-state index is 0. The standard InChI is InChI=1S/As.3Ga.N.P/q-3;3*+3;2*-3. The van der Waals surface area contributed by atoms with Gasteiger partial charge >= 0.3 is 59.4 Å². The van der Waals surface area contributed by atoms with Gasteiger partial charge in [-0.1, -0.05) is 0 Å². The molecule has 0 unspecified atom stereocenters. The van der Waals surface area contributed by atoms with E-state index in [0.717, 1.165) is 0 Å². The van der Waals surface area contributed by atoms with Crippen LogP contribution in [0.4, 0.5) is 0 Å². The van der Waals surface area contributed by atoms with Crippen molar-refractivity contribution < 1.29 is 0 Å². The fraction of sp³-hybridized carbons (Fsp3) is 0. The first kappa shape index (κ1) is 67.0. The van der Waals surface area contributed by atoms with Crippen LogP contribution in [0.3, 0.4) is 0 Å². The summed E-state index contributed by atoms with van der Waals surface area (Å²) >= 11 is 0. The summed E-state index contributed by atoms with van der Waals surface area (Å²) in [5.74, 6) is 0. The fourth-order valence-electron chi connectivity index (χ4n) is 0. The quantitative estimate of drug-likeness (QED) is 0.429. The Morgan fingerprint density at radius 1 is 0.667 bits per heavy atom. The number of hydrogen-bond donors (Lipinski definition) is 0. The smallest absolute Gasteiger partial charge is 3.00 e. The van der Waals surface area contributed by atoms with E-state index in [2.05, 4.69) is 0 Å². The Bertz CT molecular complexity index is 10.8. The largest absolute Gasteiger partial charge is 3.00 e. The van der Waals surface area contributed by atoms with Gasteiger partial charge in [0, 0.05) is 0 Å². The normalized spacial score (nSPS) is 0. The molecule has 24 valence electrons. The molecule has 0 atom stereocenters. The van der Waals surface area contributed by atoms with Gasteiger partial charge in [-0.25, -0.2) is 0 Å². The molecule has 0 bridgehead atoms. The van der Waals surface area contributed by atoms with Crippen molar-refractivity contribution in [2.75, 3.05) is 0 Å². The minimum Gasteiger partial charge on any atom is -3.00 e. The summed E-state index contributed by atoms with van der Waals surface area (Å²) in [4.78, 5) is 0. The van der Waals surface area contributed by atoms with Crippen LogP contribution >= 0.6 is 9.90 Å². The Morgan fingerprint density at radius 3 is 0.667 bits per heavy atom. The van der Waals surface area contributed by atoms with Gasteiger partial charge in [-0.2, -0.15) is 0 Å². The first-order valence-corrected chi connectivity index (χ1v) is 0. The van der Waals surface area contributed by atoms with E-state index < -0.39 is 0 Å². The second kappa shape index (κ2) is 45.3. The van der Waals surface area contributed by atoms with Crippen molar-refractivity contribution in [2.45, 2.75) is 0 Å². The van der Waals surface area contributed by atoms with Crippen molar-refractivity contribution >= 4 is 87.2 Å². The van der Waals surface area contributed by atoms with Crippen LogP contribution in [0.2, 0.25) is 0 Å². The van der Waals surface area contributed by atoms with E-state index in [1.165, 1.54) is 0 Å². The number of nitrogens with zero attached hydrogens (tertiary/aromatic N) is 1. The molecule has 0 aromatic heterocycles. The van der Waals surface area contributed by atoms with E-state index in [4.69, 9.17) is 0 Å². The summed E-state index contributed by atoms with van der Waals surface area (Å²) in [5.41, 5.74) is 0. The topological polar surface area (TPSA) is 30.5 Å². The molecule has 0 aromatic carbocycles. The second-order valence-electron chi connectivity index (χ2n) is 0. The van der Waals surface area contributed by atoms with Gasteiger partial charge in [-0.05, 0) is 0 Å². The Hall–Kier alpha value is 2.86. The van der Waals surface area contributed by atoms with Crippen LogP contribution in [0.15, 0.2) is 0 Å². The summed E-state index contributed by atoms with van der Waals surface area (Å²) in [5, 5.41) is 0. The van der Waals surface area contributed by atoms with E-state index in [1.54, 1.807) is 0 Å². The third kappa shape index (κ3) is 28.8. The second-order valence-corrected chi connectivity index (χ2v) is 0. The zero-order valence-electron chi connectivity index (χ0n) is 3.07. The molecule has 0 aliphatic carbocycles. The van der Waals surface area contributed by atoms with Crippen molar-refractivity contribution in [3.8, 4) is 0 Å². The minimum absolute atomic E-state index is 0. The van der Waals surface area contributed by atoms with Crippen LogP contribution in [-0.4, -0.2) is 77.3 Å². The molecule has 6 heavy (non-hydrogen) atoms. The first-order chi connectivity index (χ1) is 0. The van der Waals surface area contributed by atoms with Crippen LogP contribution in [0.5, 0.6) is 0 Å². The van der Waals surface area contributed by atoms with E-state index in [-0.39, 0.29) is 93.4 Å². The summed E-state index contributed by atoms with van der Waals surface area (Å²) < 4.78 is 0. The van der Waals surface area contributed by atoms with Crippen LogP contribution in [0.1, 0.15) is 0 Å². The average Bonchev–Trinajstić information content (AvgIpc) is 0. The van der Waals surface area contributed by atoms with Gasteiger partial charge in [0.1, 0.15) is 0 Å². The van der Waals surface area contributed by atoms with Crippen LogP contribution in [0.25, 0.3) is 6.15 Å². The predicted molar refractivity (Wildman–Crippen MR) is 33.3 cm³/mol. The molecule has 0 saturated carbocycles. The molecule has 0 rings (SSSR count). The van der Waals surface area contributed by atoms with Crippen molar-refractivity contribution in [3.05, 3.63) is 6.15 Å². The SMILES string of the molecule is [As-3].[Ga+3].[Ga+3].[Ga+3].[N-3].[P-3]. The summed E-state index contributed by atoms with van der Waals surface area (Å²) in [6.45, 7) is 0. The molecule has 1 nitrogen and oxygen atoms in total. The van der Waals surface area contributed by atoms with Gasteiger partial charge < -0.3 is 34.0 Å². The van der Waals surface area contributed by atoms with Gasteiger partial charge in [0.2, 0.25) is 0 Å². The molecular weight excluding hydrogens is 329 g/mol. The van der Waals surface area contributed by atoms with Gasteiger partial charge in [-0.15, -0.1) is 0 Å². The predicted octanol–water partition coefficient (Wildman–Crippen LogP) is -0.373. The molecule has 0 aliphatic rings. The molecule has 0 saturated heterocycles. The van der Waals surface area contributed by atoms with E-state index in [9.17, 15) is 0 Å².